The van der Waals surface area contributed by atoms with E-state index in [1.54, 1.807) is 12.1 Å². The van der Waals surface area contributed by atoms with Crippen molar-refractivity contribution >= 4 is 50.0 Å². The Morgan fingerprint density at radius 1 is 1.48 bits per heavy atom. The summed E-state index contributed by atoms with van der Waals surface area (Å²) in [5.41, 5.74) is 0. The van der Waals surface area contributed by atoms with Gasteiger partial charge >= 0.3 is 0 Å². The third kappa shape index (κ3) is 5.08. The molecule has 8 heteroatoms. The predicted molar refractivity (Wildman–Crippen MR) is 91.8 cm³/mol. The van der Waals surface area contributed by atoms with E-state index in [0.29, 0.717) is 5.92 Å². The third-order valence-corrected chi connectivity index (χ3v) is 6.10. The SMILES string of the molecule is CC(NS(=O)(=O)c1ccc(Br)cc1Cl)C1CCCNC1.Cl. The van der Waals surface area contributed by atoms with Crippen LogP contribution in [0.5, 0.6) is 0 Å². The second kappa shape index (κ2) is 8.13. The molecule has 0 aromatic heterocycles. The summed E-state index contributed by atoms with van der Waals surface area (Å²) in [7, 11) is -3.59. The van der Waals surface area contributed by atoms with Crippen LogP contribution < -0.4 is 10.0 Å². The Labute approximate surface area is 145 Å². The van der Waals surface area contributed by atoms with Crippen LogP contribution in [0.25, 0.3) is 0 Å². The summed E-state index contributed by atoms with van der Waals surface area (Å²) in [6.45, 7) is 3.76. The number of nitrogens with one attached hydrogen (secondary N) is 2. The van der Waals surface area contributed by atoms with Gasteiger partial charge in [0.25, 0.3) is 0 Å². The third-order valence-electron chi connectivity index (χ3n) is 3.57. The number of halogens is 3. The van der Waals surface area contributed by atoms with Crippen LogP contribution in [0.2, 0.25) is 5.02 Å². The van der Waals surface area contributed by atoms with Gasteiger partial charge in [-0.25, -0.2) is 13.1 Å². The van der Waals surface area contributed by atoms with E-state index >= 15 is 0 Å². The van der Waals surface area contributed by atoms with Gasteiger partial charge in [-0.15, -0.1) is 12.4 Å². The van der Waals surface area contributed by atoms with Gasteiger partial charge in [0.05, 0.1) is 5.02 Å². The summed E-state index contributed by atoms with van der Waals surface area (Å²) < 4.78 is 28.3. The molecule has 2 N–H and O–H groups in total. The molecule has 0 aliphatic carbocycles. The Morgan fingerprint density at radius 2 is 2.19 bits per heavy atom. The average molecular weight is 418 g/mol. The molecule has 1 aliphatic heterocycles. The highest BCUT2D eigenvalue weighted by Gasteiger charge is 2.26. The highest BCUT2D eigenvalue weighted by molar-refractivity contribution is 9.10. The summed E-state index contributed by atoms with van der Waals surface area (Å²) in [5.74, 6) is 0.313. The maximum Gasteiger partial charge on any atom is 0.242 e. The van der Waals surface area contributed by atoms with Gasteiger partial charge in [-0.1, -0.05) is 27.5 Å². The van der Waals surface area contributed by atoms with E-state index in [2.05, 4.69) is 26.0 Å². The average Bonchev–Trinajstić information content (AvgIpc) is 2.38. The molecule has 1 heterocycles. The second-order valence-corrected chi connectivity index (χ2v) is 8.10. The van der Waals surface area contributed by atoms with Gasteiger partial charge in [-0.3, -0.25) is 0 Å². The molecule has 0 radical (unpaired) electrons. The molecule has 1 aliphatic rings. The van der Waals surface area contributed by atoms with Gasteiger partial charge in [0.15, 0.2) is 0 Å². The van der Waals surface area contributed by atoms with Gasteiger partial charge in [-0.05, 0) is 57.0 Å². The van der Waals surface area contributed by atoms with E-state index < -0.39 is 10.0 Å². The highest BCUT2D eigenvalue weighted by atomic mass is 79.9. The zero-order valence-electron chi connectivity index (χ0n) is 11.6. The predicted octanol–water partition coefficient (Wildman–Crippen LogP) is 3.19. The molecule has 120 valence electrons. The van der Waals surface area contributed by atoms with Crippen LogP contribution in [0.15, 0.2) is 27.6 Å². The minimum Gasteiger partial charge on any atom is -0.316 e. The van der Waals surface area contributed by atoms with Crippen molar-refractivity contribution < 1.29 is 8.42 Å². The molecule has 21 heavy (non-hydrogen) atoms. The van der Waals surface area contributed by atoms with Crippen molar-refractivity contribution in [1.29, 1.82) is 0 Å². The van der Waals surface area contributed by atoms with Gasteiger partial charge in [0, 0.05) is 10.5 Å². The molecule has 0 saturated carbocycles. The summed E-state index contributed by atoms with van der Waals surface area (Å²) >= 11 is 9.29. The lowest BCUT2D eigenvalue weighted by Gasteiger charge is -2.28. The van der Waals surface area contributed by atoms with Crippen LogP contribution in [0, 0.1) is 5.92 Å². The molecule has 2 atom stereocenters. The Kier molecular flexibility index (Phi) is 7.43. The fraction of sp³-hybridized carbons (Fsp3) is 0.538. The minimum atomic E-state index is -3.59. The summed E-state index contributed by atoms with van der Waals surface area (Å²) in [6.07, 6.45) is 2.11. The van der Waals surface area contributed by atoms with Gasteiger partial charge < -0.3 is 5.32 Å². The zero-order chi connectivity index (χ0) is 14.8. The maximum atomic E-state index is 12.4. The van der Waals surface area contributed by atoms with Crippen molar-refractivity contribution in [3.05, 3.63) is 27.7 Å². The first-order chi connectivity index (χ1) is 9.40. The number of benzene rings is 1. The van der Waals surface area contributed by atoms with Gasteiger partial charge in [0.2, 0.25) is 10.0 Å². The molecule has 2 unspecified atom stereocenters. The van der Waals surface area contributed by atoms with Crippen molar-refractivity contribution in [3.63, 3.8) is 0 Å². The van der Waals surface area contributed by atoms with Gasteiger partial charge in [0.1, 0.15) is 4.90 Å². The Bertz CT molecular complexity index is 578. The van der Waals surface area contributed by atoms with Crippen molar-refractivity contribution in [2.24, 2.45) is 5.92 Å². The maximum absolute atomic E-state index is 12.4. The summed E-state index contributed by atoms with van der Waals surface area (Å²) in [6, 6.07) is 4.66. The van der Waals surface area contributed by atoms with Crippen LogP contribution in [-0.4, -0.2) is 27.5 Å². The molecule has 0 amide bonds. The summed E-state index contributed by atoms with van der Waals surface area (Å²) in [4.78, 5) is 0.123. The first-order valence-electron chi connectivity index (χ1n) is 6.58. The van der Waals surface area contributed by atoms with Crippen LogP contribution in [-0.2, 0) is 10.0 Å². The Morgan fingerprint density at radius 3 is 2.76 bits per heavy atom. The zero-order valence-corrected chi connectivity index (χ0v) is 15.6. The van der Waals surface area contributed by atoms with Crippen molar-refractivity contribution in [1.82, 2.24) is 10.0 Å². The monoisotopic (exact) mass is 416 g/mol. The quantitative estimate of drug-likeness (QED) is 0.790. The fourth-order valence-electron chi connectivity index (χ4n) is 2.40. The molecule has 1 saturated heterocycles. The van der Waals surface area contributed by atoms with Crippen molar-refractivity contribution in [2.45, 2.75) is 30.7 Å². The Hall–Kier alpha value is 0.150. The van der Waals surface area contributed by atoms with E-state index in [9.17, 15) is 8.42 Å². The lowest BCUT2D eigenvalue weighted by molar-refractivity contribution is 0.320. The van der Waals surface area contributed by atoms with Crippen LogP contribution in [0.3, 0.4) is 0 Å². The first kappa shape index (κ1) is 19.2. The Balaban J connectivity index is 0.00000220. The molecular formula is C13H19BrCl2N2O2S. The standard InChI is InChI=1S/C13H18BrClN2O2S.ClH/c1-9(10-3-2-6-16-8-10)17-20(18,19)13-5-4-11(14)7-12(13)15;/h4-5,7,9-10,16-17H,2-3,6,8H2,1H3;1H. The normalized spacial score (nSPS) is 20.6. The molecule has 0 bridgehead atoms. The van der Waals surface area contributed by atoms with E-state index in [0.717, 1.165) is 30.4 Å². The molecule has 4 nitrogen and oxygen atoms in total. The minimum absolute atomic E-state index is 0. The largest absolute Gasteiger partial charge is 0.316 e. The topological polar surface area (TPSA) is 58.2 Å². The number of hydrogen-bond donors (Lipinski definition) is 2. The molecule has 1 fully saturated rings. The molecule has 2 rings (SSSR count). The van der Waals surface area contributed by atoms with E-state index in [1.165, 1.54) is 6.07 Å². The van der Waals surface area contributed by atoms with E-state index in [1.807, 2.05) is 6.92 Å². The lowest BCUT2D eigenvalue weighted by Crippen LogP contribution is -2.44. The van der Waals surface area contributed by atoms with Crippen LogP contribution >= 0.6 is 39.9 Å². The van der Waals surface area contributed by atoms with Crippen LogP contribution in [0.4, 0.5) is 0 Å². The molecule has 1 aromatic rings. The fourth-order valence-corrected chi connectivity index (χ4v) is 4.75. The number of rotatable bonds is 4. The number of piperidine rings is 1. The van der Waals surface area contributed by atoms with E-state index in [4.69, 9.17) is 11.6 Å². The van der Waals surface area contributed by atoms with Crippen LogP contribution in [0.1, 0.15) is 19.8 Å². The number of sulfonamides is 1. The molecular weight excluding hydrogens is 399 g/mol. The lowest BCUT2D eigenvalue weighted by atomic mass is 9.94. The smallest absolute Gasteiger partial charge is 0.242 e. The molecule has 0 spiro atoms. The van der Waals surface area contributed by atoms with Crippen molar-refractivity contribution in [3.8, 4) is 0 Å². The van der Waals surface area contributed by atoms with Crippen molar-refractivity contribution in [2.75, 3.05) is 13.1 Å². The summed E-state index contributed by atoms with van der Waals surface area (Å²) in [5, 5.41) is 3.52. The van der Waals surface area contributed by atoms with Gasteiger partial charge in [-0.2, -0.15) is 0 Å². The first-order valence-corrected chi connectivity index (χ1v) is 9.23. The van der Waals surface area contributed by atoms with E-state index in [-0.39, 0.29) is 28.4 Å². The molecule has 1 aromatic carbocycles. The highest BCUT2D eigenvalue weighted by Crippen LogP contribution is 2.26. The number of hydrogen-bond acceptors (Lipinski definition) is 3. The second-order valence-electron chi connectivity index (χ2n) is 5.09.